The number of hydrogen-bond acceptors (Lipinski definition) is 5. The molecule has 3 aromatic rings. The number of amides is 1. The third-order valence-corrected chi connectivity index (χ3v) is 8.28. The topological polar surface area (TPSA) is 79.4 Å². The van der Waals surface area contributed by atoms with Crippen LogP contribution in [0.2, 0.25) is 0 Å². The number of carbonyl (C=O) groups is 1. The minimum Gasteiger partial charge on any atom is -0.298 e. The lowest BCUT2D eigenvalue weighted by atomic mass is 10.0. The number of fused-ring (bicyclic) bond motifs is 1. The molecule has 1 aliphatic rings. The molecule has 0 aliphatic carbocycles. The molecule has 0 radical (unpaired) electrons. The van der Waals surface area contributed by atoms with E-state index in [-0.39, 0.29) is 31.8 Å². The lowest BCUT2D eigenvalue weighted by Gasteiger charge is -2.34. The number of thiazole rings is 1. The SMILES string of the molecule is CC[C@H]1CCCCN1S(=O)(=O)c1ccc(C(=O)Nc2nc3c(F)cc(F)cc3s2)cc1. The summed E-state index contributed by atoms with van der Waals surface area (Å²) in [6, 6.07) is 7.57. The maximum absolute atomic E-state index is 13.8. The smallest absolute Gasteiger partial charge is 0.257 e. The average molecular weight is 466 g/mol. The summed E-state index contributed by atoms with van der Waals surface area (Å²) < 4.78 is 55.1. The van der Waals surface area contributed by atoms with Crippen LogP contribution in [0.3, 0.4) is 0 Å². The van der Waals surface area contributed by atoms with Crippen molar-refractivity contribution in [2.45, 2.75) is 43.5 Å². The van der Waals surface area contributed by atoms with Gasteiger partial charge in [-0.1, -0.05) is 24.7 Å². The highest BCUT2D eigenvalue weighted by Gasteiger charge is 2.32. The Kier molecular flexibility index (Phi) is 6.05. The van der Waals surface area contributed by atoms with Crippen molar-refractivity contribution in [1.29, 1.82) is 0 Å². The fourth-order valence-electron chi connectivity index (χ4n) is 3.79. The molecule has 1 saturated heterocycles. The number of nitrogens with zero attached hydrogens (tertiary/aromatic N) is 2. The number of piperidine rings is 1. The van der Waals surface area contributed by atoms with E-state index in [1.807, 2.05) is 6.92 Å². The van der Waals surface area contributed by atoms with Gasteiger partial charge in [0.05, 0.1) is 9.60 Å². The van der Waals surface area contributed by atoms with E-state index in [0.717, 1.165) is 49.2 Å². The summed E-state index contributed by atoms with van der Waals surface area (Å²) in [5.74, 6) is -2.04. The first-order valence-corrected chi connectivity index (χ1v) is 12.2. The largest absolute Gasteiger partial charge is 0.298 e. The van der Waals surface area contributed by atoms with Gasteiger partial charge >= 0.3 is 0 Å². The number of nitrogens with one attached hydrogen (secondary N) is 1. The summed E-state index contributed by atoms with van der Waals surface area (Å²) in [5.41, 5.74) is 0.214. The van der Waals surface area contributed by atoms with Gasteiger partial charge in [0.15, 0.2) is 10.9 Å². The Labute approximate surface area is 183 Å². The molecule has 1 N–H and O–H groups in total. The van der Waals surface area contributed by atoms with Crippen LogP contribution in [0.25, 0.3) is 10.2 Å². The van der Waals surface area contributed by atoms with Gasteiger partial charge in [0.2, 0.25) is 10.0 Å². The second-order valence-corrected chi connectivity index (χ2v) is 10.3. The lowest BCUT2D eigenvalue weighted by Crippen LogP contribution is -2.43. The molecule has 1 aliphatic heterocycles. The van der Waals surface area contributed by atoms with Crippen LogP contribution in [0, 0.1) is 11.6 Å². The van der Waals surface area contributed by atoms with Crippen molar-refractivity contribution < 1.29 is 22.0 Å². The molecule has 4 rings (SSSR count). The summed E-state index contributed by atoms with van der Waals surface area (Å²) in [6.45, 7) is 2.48. The van der Waals surface area contributed by atoms with Gasteiger partial charge in [0, 0.05) is 24.2 Å². The second kappa shape index (κ2) is 8.60. The Morgan fingerprint density at radius 1 is 1.23 bits per heavy atom. The first kappa shape index (κ1) is 21.8. The third-order valence-electron chi connectivity index (χ3n) is 5.40. The predicted molar refractivity (Wildman–Crippen MR) is 116 cm³/mol. The maximum atomic E-state index is 13.8. The van der Waals surface area contributed by atoms with Gasteiger partial charge in [-0.2, -0.15) is 4.31 Å². The molecule has 2 heterocycles. The Hall–Kier alpha value is -2.43. The van der Waals surface area contributed by atoms with Crippen LogP contribution in [-0.2, 0) is 10.0 Å². The highest BCUT2D eigenvalue weighted by atomic mass is 32.2. The minimum atomic E-state index is -3.64. The quantitative estimate of drug-likeness (QED) is 0.588. The number of sulfonamides is 1. The van der Waals surface area contributed by atoms with E-state index in [9.17, 15) is 22.0 Å². The van der Waals surface area contributed by atoms with Crippen LogP contribution < -0.4 is 5.32 Å². The molecular formula is C21H21F2N3O3S2. The third kappa shape index (κ3) is 4.32. The molecule has 31 heavy (non-hydrogen) atoms. The molecule has 1 aromatic heterocycles. The summed E-state index contributed by atoms with van der Waals surface area (Å²) in [7, 11) is -3.64. The molecule has 0 bridgehead atoms. The highest BCUT2D eigenvalue weighted by Crippen LogP contribution is 2.30. The first-order valence-electron chi connectivity index (χ1n) is 9.98. The summed E-state index contributed by atoms with van der Waals surface area (Å²) >= 11 is 0.952. The zero-order valence-corrected chi connectivity index (χ0v) is 18.4. The molecule has 0 saturated carbocycles. The average Bonchev–Trinajstić information content (AvgIpc) is 3.16. The van der Waals surface area contributed by atoms with E-state index in [2.05, 4.69) is 10.3 Å². The highest BCUT2D eigenvalue weighted by molar-refractivity contribution is 7.89. The van der Waals surface area contributed by atoms with E-state index in [1.54, 1.807) is 4.31 Å². The van der Waals surface area contributed by atoms with Gasteiger partial charge in [0.25, 0.3) is 5.91 Å². The molecular weight excluding hydrogens is 444 g/mol. The number of anilines is 1. The van der Waals surface area contributed by atoms with Gasteiger partial charge in [-0.25, -0.2) is 22.2 Å². The molecule has 1 fully saturated rings. The molecule has 164 valence electrons. The van der Waals surface area contributed by atoms with Crippen molar-refractivity contribution in [3.8, 4) is 0 Å². The first-order chi connectivity index (χ1) is 14.8. The van der Waals surface area contributed by atoms with Crippen LogP contribution in [0.15, 0.2) is 41.3 Å². The number of rotatable bonds is 5. The van der Waals surface area contributed by atoms with Gasteiger partial charge < -0.3 is 0 Å². The maximum Gasteiger partial charge on any atom is 0.257 e. The van der Waals surface area contributed by atoms with Crippen LogP contribution >= 0.6 is 11.3 Å². The van der Waals surface area contributed by atoms with Crippen LogP contribution in [0.5, 0.6) is 0 Å². The molecule has 0 unspecified atom stereocenters. The molecule has 10 heteroatoms. The van der Waals surface area contributed by atoms with Gasteiger partial charge in [-0.05, 0) is 49.6 Å². The van der Waals surface area contributed by atoms with Crippen molar-refractivity contribution >= 4 is 42.6 Å². The van der Waals surface area contributed by atoms with E-state index in [1.165, 1.54) is 24.3 Å². The van der Waals surface area contributed by atoms with E-state index >= 15 is 0 Å². The number of hydrogen-bond donors (Lipinski definition) is 1. The Morgan fingerprint density at radius 2 is 1.97 bits per heavy atom. The number of benzene rings is 2. The second-order valence-electron chi connectivity index (χ2n) is 7.41. The van der Waals surface area contributed by atoms with Crippen LogP contribution in [-0.4, -0.2) is 36.2 Å². The minimum absolute atomic E-state index is 0.00834. The van der Waals surface area contributed by atoms with E-state index in [0.29, 0.717) is 6.54 Å². The zero-order chi connectivity index (χ0) is 22.2. The Bertz CT molecular complexity index is 1230. The standard InChI is InChI=1S/C21H21F2N3O3S2/c1-2-15-5-3-4-10-26(15)31(28,29)16-8-6-13(7-9-16)20(27)25-21-24-19-17(23)11-14(22)12-18(19)30-21/h6-9,11-12,15H,2-5,10H2,1H3,(H,24,25,27)/t15-/m0/s1. The van der Waals surface area contributed by atoms with Crippen molar-refractivity contribution in [3.63, 3.8) is 0 Å². The zero-order valence-electron chi connectivity index (χ0n) is 16.8. The molecule has 0 spiro atoms. The van der Waals surface area contributed by atoms with Crippen molar-refractivity contribution in [2.24, 2.45) is 0 Å². The van der Waals surface area contributed by atoms with Gasteiger partial charge in [-0.3, -0.25) is 10.1 Å². The van der Waals surface area contributed by atoms with Crippen LogP contribution in [0.1, 0.15) is 43.0 Å². The molecule has 6 nitrogen and oxygen atoms in total. The summed E-state index contributed by atoms with van der Waals surface area (Å²) in [6.07, 6.45) is 3.46. The number of aromatic nitrogens is 1. The molecule has 2 aromatic carbocycles. The predicted octanol–water partition coefficient (Wildman–Crippen LogP) is 4.78. The Morgan fingerprint density at radius 3 is 2.68 bits per heavy atom. The van der Waals surface area contributed by atoms with E-state index < -0.39 is 27.6 Å². The van der Waals surface area contributed by atoms with Crippen LogP contribution in [0.4, 0.5) is 13.9 Å². The molecule has 1 amide bonds. The summed E-state index contributed by atoms with van der Waals surface area (Å²) in [5, 5.41) is 2.68. The lowest BCUT2D eigenvalue weighted by molar-refractivity contribution is 0.102. The van der Waals surface area contributed by atoms with Crippen molar-refractivity contribution in [1.82, 2.24) is 9.29 Å². The normalized spacial score (nSPS) is 17.7. The van der Waals surface area contributed by atoms with Gasteiger partial charge in [-0.15, -0.1) is 0 Å². The summed E-state index contributed by atoms with van der Waals surface area (Å²) in [4.78, 5) is 16.7. The van der Waals surface area contributed by atoms with Crippen molar-refractivity contribution in [2.75, 3.05) is 11.9 Å². The number of halogens is 2. The monoisotopic (exact) mass is 465 g/mol. The number of carbonyl (C=O) groups excluding carboxylic acids is 1. The fourth-order valence-corrected chi connectivity index (χ4v) is 6.46. The van der Waals surface area contributed by atoms with Gasteiger partial charge in [0.1, 0.15) is 11.3 Å². The van der Waals surface area contributed by atoms with Crippen molar-refractivity contribution in [3.05, 3.63) is 53.6 Å². The molecule has 1 atom stereocenters. The van der Waals surface area contributed by atoms with E-state index in [4.69, 9.17) is 0 Å². The Balaban J connectivity index is 1.52. The fraction of sp³-hybridized carbons (Fsp3) is 0.333.